The fraction of sp³-hybridized carbons (Fsp3) is 0.464. The molecule has 1 saturated heterocycles. The summed E-state index contributed by atoms with van der Waals surface area (Å²) in [4.78, 5) is 32.4. The number of carbonyl (C=O) groups is 2. The van der Waals surface area contributed by atoms with Crippen molar-refractivity contribution in [2.45, 2.75) is 69.2 Å². The van der Waals surface area contributed by atoms with Gasteiger partial charge in [0, 0.05) is 12.2 Å². The Morgan fingerprint density at radius 2 is 1.85 bits per heavy atom. The molecule has 176 valence electrons. The SMILES string of the molecule is [C-]#[N+][C@@H]1C[C@@]2(CN1C(=O)[C@H](CC1CCCCC1)OCc1ccccc1)C(=O)Nc1ccccc12. The van der Waals surface area contributed by atoms with Crippen molar-refractivity contribution < 1.29 is 14.3 Å². The van der Waals surface area contributed by atoms with Crippen LogP contribution < -0.4 is 5.32 Å². The Morgan fingerprint density at radius 3 is 2.62 bits per heavy atom. The molecule has 0 bridgehead atoms. The number of nitrogens with zero attached hydrogens (tertiary/aromatic N) is 2. The standard InChI is InChI=1S/C28H31N3O3/c1-29-25-17-28(22-14-8-9-15-23(22)30-27(28)33)19-31(25)26(32)24(16-20-10-4-2-5-11-20)34-18-21-12-6-3-7-13-21/h3,6-9,12-15,20,24-25H,2,4-5,10-11,16-19H2,(H,30,33)/t24-,25-,28-/m0/s1. The summed E-state index contributed by atoms with van der Waals surface area (Å²) in [7, 11) is 0. The Kier molecular flexibility index (Phi) is 6.38. The molecule has 34 heavy (non-hydrogen) atoms. The molecule has 3 aliphatic rings. The van der Waals surface area contributed by atoms with E-state index in [2.05, 4.69) is 10.2 Å². The Bertz CT molecular complexity index is 1090. The minimum atomic E-state index is -0.865. The van der Waals surface area contributed by atoms with E-state index in [0.717, 1.165) is 29.7 Å². The number of rotatable bonds is 6. The quantitative estimate of drug-likeness (QED) is 0.627. The molecule has 2 aromatic carbocycles. The maximum Gasteiger partial charge on any atom is 0.302 e. The summed E-state index contributed by atoms with van der Waals surface area (Å²) in [6.07, 6.45) is 5.58. The molecule has 2 heterocycles. The summed E-state index contributed by atoms with van der Waals surface area (Å²) in [5, 5.41) is 2.96. The number of carbonyl (C=O) groups excluding carboxylic acids is 2. The molecule has 2 aliphatic heterocycles. The molecule has 1 spiro atoms. The highest BCUT2D eigenvalue weighted by atomic mass is 16.5. The van der Waals surface area contributed by atoms with Gasteiger partial charge in [-0.3, -0.25) is 19.3 Å². The summed E-state index contributed by atoms with van der Waals surface area (Å²) >= 11 is 0. The van der Waals surface area contributed by atoms with Gasteiger partial charge in [0.2, 0.25) is 5.91 Å². The fourth-order valence-corrected chi connectivity index (χ4v) is 5.88. The first kappa shape index (κ1) is 22.6. The number of hydrogen-bond donors (Lipinski definition) is 1. The van der Waals surface area contributed by atoms with Gasteiger partial charge in [0.25, 0.3) is 5.91 Å². The predicted octanol–water partition coefficient (Wildman–Crippen LogP) is 4.91. The van der Waals surface area contributed by atoms with Crippen molar-refractivity contribution in [3.8, 4) is 0 Å². The molecule has 2 aromatic rings. The van der Waals surface area contributed by atoms with Crippen LogP contribution in [0.25, 0.3) is 4.85 Å². The lowest BCUT2D eigenvalue weighted by Gasteiger charge is -2.29. The van der Waals surface area contributed by atoms with Crippen LogP contribution in [0.5, 0.6) is 0 Å². The molecule has 1 N–H and O–H groups in total. The van der Waals surface area contributed by atoms with E-state index < -0.39 is 17.7 Å². The smallest absolute Gasteiger partial charge is 0.302 e. The van der Waals surface area contributed by atoms with Gasteiger partial charge in [-0.25, -0.2) is 6.57 Å². The number of ether oxygens (including phenoxy) is 1. The molecule has 0 aromatic heterocycles. The van der Waals surface area contributed by atoms with E-state index in [-0.39, 0.29) is 18.4 Å². The van der Waals surface area contributed by atoms with E-state index in [4.69, 9.17) is 11.3 Å². The second-order valence-corrected chi connectivity index (χ2v) is 9.89. The Labute approximate surface area is 201 Å². The molecule has 2 fully saturated rings. The van der Waals surface area contributed by atoms with Crippen molar-refractivity contribution in [3.05, 3.63) is 77.1 Å². The van der Waals surface area contributed by atoms with Crippen LogP contribution in [0.2, 0.25) is 0 Å². The van der Waals surface area contributed by atoms with E-state index in [0.29, 0.717) is 25.4 Å². The number of hydrogen-bond acceptors (Lipinski definition) is 3. The van der Waals surface area contributed by atoms with Crippen LogP contribution in [-0.4, -0.2) is 35.5 Å². The van der Waals surface area contributed by atoms with Gasteiger partial charge in [0.05, 0.1) is 13.0 Å². The molecule has 1 aliphatic carbocycles. The summed E-state index contributed by atoms with van der Waals surface area (Å²) in [6.45, 7) is 8.39. The first-order valence-electron chi connectivity index (χ1n) is 12.3. The van der Waals surface area contributed by atoms with Crippen molar-refractivity contribution in [1.29, 1.82) is 0 Å². The maximum atomic E-state index is 13.9. The van der Waals surface area contributed by atoms with Gasteiger partial charge in [0.1, 0.15) is 11.5 Å². The lowest BCUT2D eigenvalue weighted by atomic mass is 9.80. The first-order chi connectivity index (χ1) is 16.6. The molecule has 6 nitrogen and oxygen atoms in total. The highest BCUT2D eigenvalue weighted by Crippen LogP contribution is 2.47. The highest BCUT2D eigenvalue weighted by molar-refractivity contribution is 6.07. The second-order valence-electron chi connectivity index (χ2n) is 9.89. The summed E-state index contributed by atoms with van der Waals surface area (Å²) in [5.74, 6) is 0.181. The third kappa shape index (κ3) is 4.21. The number of nitrogens with one attached hydrogen (secondary N) is 1. The number of fused-ring (bicyclic) bond motifs is 2. The fourth-order valence-electron chi connectivity index (χ4n) is 5.88. The van der Waals surface area contributed by atoms with Crippen molar-refractivity contribution in [2.24, 2.45) is 5.92 Å². The molecule has 5 rings (SSSR count). The van der Waals surface area contributed by atoms with E-state index in [9.17, 15) is 9.59 Å². The monoisotopic (exact) mass is 457 g/mol. The van der Waals surface area contributed by atoms with Crippen molar-refractivity contribution in [3.63, 3.8) is 0 Å². The Morgan fingerprint density at radius 1 is 1.12 bits per heavy atom. The van der Waals surface area contributed by atoms with Crippen LogP contribution in [0.3, 0.4) is 0 Å². The topological polar surface area (TPSA) is 63.0 Å². The number of likely N-dealkylation sites (tertiary alicyclic amines) is 1. The van der Waals surface area contributed by atoms with Gasteiger partial charge in [-0.05, 0) is 29.5 Å². The molecule has 1 saturated carbocycles. The number of amides is 2. The van der Waals surface area contributed by atoms with E-state index in [1.807, 2.05) is 54.6 Å². The van der Waals surface area contributed by atoms with Crippen molar-refractivity contribution in [1.82, 2.24) is 4.90 Å². The summed E-state index contributed by atoms with van der Waals surface area (Å²) in [5.41, 5.74) is 1.83. The molecular weight excluding hydrogens is 426 g/mol. The lowest BCUT2D eigenvalue weighted by molar-refractivity contribution is -0.146. The van der Waals surface area contributed by atoms with E-state index in [1.165, 1.54) is 19.3 Å². The van der Waals surface area contributed by atoms with Gasteiger partial charge in [0.15, 0.2) is 0 Å². The zero-order valence-corrected chi connectivity index (χ0v) is 19.4. The van der Waals surface area contributed by atoms with E-state index in [1.54, 1.807) is 4.90 Å². The van der Waals surface area contributed by atoms with Crippen molar-refractivity contribution in [2.75, 3.05) is 11.9 Å². The lowest BCUT2D eigenvalue weighted by Crippen LogP contribution is -2.45. The highest BCUT2D eigenvalue weighted by Gasteiger charge is 2.59. The minimum absolute atomic E-state index is 0.119. The van der Waals surface area contributed by atoms with Crippen LogP contribution >= 0.6 is 0 Å². The van der Waals surface area contributed by atoms with Gasteiger partial charge < -0.3 is 10.1 Å². The zero-order valence-electron chi connectivity index (χ0n) is 19.4. The molecule has 3 atom stereocenters. The zero-order chi connectivity index (χ0) is 23.5. The van der Waals surface area contributed by atoms with Crippen LogP contribution in [0.4, 0.5) is 5.69 Å². The molecule has 0 radical (unpaired) electrons. The number of benzene rings is 2. The maximum absolute atomic E-state index is 13.9. The third-order valence-corrected chi connectivity index (χ3v) is 7.73. The van der Waals surface area contributed by atoms with Crippen LogP contribution in [-0.2, 0) is 26.3 Å². The predicted molar refractivity (Wildman–Crippen MR) is 130 cm³/mol. The van der Waals surface area contributed by atoms with Crippen LogP contribution in [0.15, 0.2) is 54.6 Å². The van der Waals surface area contributed by atoms with Gasteiger partial charge >= 0.3 is 6.17 Å². The van der Waals surface area contributed by atoms with Gasteiger partial charge in [-0.15, -0.1) is 0 Å². The molecule has 0 unspecified atom stereocenters. The van der Waals surface area contributed by atoms with Gasteiger partial charge in [-0.1, -0.05) is 80.6 Å². The number of anilines is 1. The normalized spacial score (nSPS) is 25.1. The Balaban J connectivity index is 1.39. The summed E-state index contributed by atoms with van der Waals surface area (Å²) < 4.78 is 6.25. The van der Waals surface area contributed by atoms with Crippen LogP contribution in [0.1, 0.15) is 56.1 Å². The molecular formula is C28H31N3O3. The van der Waals surface area contributed by atoms with E-state index >= 15 is 0 Å². The molecule has 2 amide bonds. The van der Waals surface area contributed by atoms with Crippen LogP contribution in [0, 0.1) is 12.5 Å². The number of para-hydroxylation sites is 1. The average molecular weight is 458 g/mol. The largest absolute Gasteiger partial charge is 0.364 e. The third-order valence-electron chi connectivity index (χ3n) is 7.73. The Hall–Kier alpha value is -3.17. The average Bonchev–Trinajstić information content (AvgIpc) is 3.41. The minimum Gasteiger partial charge on any atom is -0.364 e. The van der Waals surface area contributed by atoms with Gasteiger partial charge in [-0.2, -0.15) is 0 Å². The second kappa shape index (κ2) is 9.60. The van der Waals surface area contributed by atoms with Crippen molar-refractivity contribution >= 4 is 17.5 Å². The molecule has 6 heteroatoms. The first-order valence-corrected chi connectivity index (χ1v) is 12.3. The summed E-state index contributed by atoms with van der Waals surface area (Å²) in [6, 6.07) is 17.5.